The maximum Gasteiger partial charge on any atom is 0.311 e. The van der Waals surface area contributed by atoms with E-state index in [4.69, 9.17) is 4.74 Å². The van der Waals surface area contributed by atoms with Crippen molar-refractivity contribution in [3.05, 3.63) is 69.3 Å². The molecule has 8 heteroatoms. The molecule has 0 spiro atoms. The first-order valence-electron chi connectivity index (χ1n) is 7.94. The number of carbonyl (C=O) groups is 2. The van der Waals surface area contributed by atoms with Gasteiger partial charge in [0.25, 0.3) is 11.8 Å². The van der Waals surface area contributed by atoms with Crippen molar-refractivity contribution in [2.75, 3.05) is 13.7 Å². The Morgan fingerprint density at radius 2 is 1.77 bits per heavy atom. The summed E-state index contributed by atoms with van der Waals surface area (Å²) in [5, 5.41) is 16.4. The van der Waals surface area contributed by atoms with E-state index in [2.05, 4.69) is 10.6 Å². The minimum atomic E-state index is -0.606. The lowest BCUT2D eigenvalue weighted by molar-refractivity contribution is -0.385. The second-order valence-electron chi connectivity index (χ2n) is 5.39. The van der Waals surface area contributed by atoms with Crippen LogP contribution < -0.4 is 15.4 Å². The maximum atomic E-state index is 12.3. The number of carbonyl (C=O) groups excluding carboxylic acids is 2. The van der Waals surface area contributed by atoms with Gasteiger partial charge in [-0.2, -0.15) is 0 Å². The normalized spacial score (nSPS) is 10.1. The minimum absolute atomic E-state index is 0.0844. The lowest BCUT2D eigenvalue weighted by Crippen LogP contribution is -2.24. The Bertz CT molecular complexity index is 835. The Morgan fingerprint density at radius 1 is 1.08 bits per heavy atom. The van der Waals surface area contributed by atoms with Crippen molar-refractivity contribution < 1.29 is 19.2 Å². The average Bonchev–Trinajstić information content (AvgIpc) is 2.65. The lowest BCUT2D eigenvalue weighted by atomic mass is 10.1. The maximum absolute atomic E-state index is 12.3. The quantitative estimate of drug-likeness (QED) is 0.583. The van der Waals surface area contributed by atoms with Crippen molar-refractivity contribution in [2.24, 2.45) is 0 Å². The summed E-state index contributed by atoms with van der Waals surface area (Å²) in [4.78, 5) is 34.5. The molecule has 0 aliphatic heterocycles. The molecule has 0 fully saturated rings. The van der Waals surface area contributed by atoms with Crippen molar-refractivity contribution in [1.82, 2.24) is 10.6 Å². The smallest absolute Gasteiger partial charge is 0.311 e. The van der Waals surface area contributed by atoms with E-state index in [9.17, 15) is 19.7 Å². The van der Waals surface area contributed by atoms with Crippen LogP contribution in [0, 0.1) is 10.1 Å². The molecule has 2 aromatic carbocycles. The Hall–Kier alpha value is -3.42. The lowest BCUT2D eigenvalue weighted by Gasteiger charge is -2.08. The van der Waals surface area contributed by atoms with E-state index in [-0.39, 0.29) is 29.5 Å². The van der Waals surface area contributed by atoms with Crippen LogP contribution >= 0.6 is 0 Å². The van der Waals surface area contributed by atoms with Gasteiger partial charge in [0.2, 0.25) is 0 Å². The van der Waals surface area contributed by atoms with E-state index in [0.29, 0.717) is 12.1 Å². The number of methoxy groups -OCH3 is 1. The molecule has 2 rings (SSSR count). The molecule has 8 nitrogen and oxygen atoms in total. The molecule has 2 aromatic rings. The molecule has 26 heavy (non-hydrogen) atoms. The molecule has 0 bridgehead atoms. The third kappa shape index (κ3) is 4.56. The predicted molar refractivity (Wildman–Crippen MR) is 95.3 cm³/mol. The number of hydrogen-bond acceptors (Lipinski definition) is 5. The number of hydrogen-bond donors (Lipinski definition) is 2. The van der Waals surface area contributed by atoms with Crippen LogP contribution in [0.4, 0.5) is 5.69 Å². The fourth-order valence-electron chi connectivity index (χ4n) is 2.34. The molecule has 0 radical (unpaired) electrons. The van der Waals surface area contributed by atoms with E-state index < -0.39 is 10.8 Å². The Balaban J connectivity index is 2.09. The topological polar surface area (TPSA) is 111 Å². The molecule has 2 N–H and O–H groups in total. The molecular weight excluding hydrogens is 338 g/mol. The first-order valence-corrected chi connectivity index (χ1v) is 7.94. The molecular formula is C18H19N3O5. The highest BCUT2D eigenvalue weighted by molar-refractivity contribution is 5.95. The van der Waals surface area contributed by atoms with E-state index in [0.717, 1.165) is 5.56 Å². The predicted octanol–water partition coefficient (Wildman–Crippen LogP) is 2.28. The highest BCUT2D eigenvalue weighted by atomic mass is 16.6. The monoisotopic (exact) mass is 357 g/mol. The molecule has 0 atom stereocenters. The third-order valence-electron chi connectivity index (χ3n) is 3.62. The van der Waals surface area contributed by atoms with Gasteiger partial charge in [-0.3, -0.25) is 19.7 Å². The van der Waals surface area contributed by atoms with Crippen LogP contribution in [-0.2, 0) is 6.54 Å². The fraction of sp³-hybridized carbons (Fsp3) is 0.222. The summed E-state index contributed by atoms with van der Waals surface area (Å²) < 4.78 is 4.91. The minimum Gasteiger partial charge on any atom is -0.490 e. The van der Waals surface area contributed by atoms with Crippen molar-refractivity contribution in [3.8, 4) is 5.75 Å². The number of nitrogens with one attached hydrogen (secondary N) is 2. The van der Waals surface area contributed by atoms with Crippen LogP contribution in [0.15, 0.2) is 42.5 Å². The number of ether oxygens (including phenoxy) is 1. The molecule has 0 unspecified atom stereocenters. The van der Waals surface area contributed by atoms with E-state index >= 15 is 0 Å². The average molecular weight is 357 g/mol. The van der Waals surface area contributed by atoms with E-state index in [1.54, 1.807) is 24.3 Å². The van der Waals surface area contributed by atoms with Crippen LogP contribution in [-0.4, -0.2) is 30.4 Å². The molecule has 0 aliphatic carbocycles. The Morgan fingerprint density at radius 3 is 2.42 bits per heavy atom. The molecule has 0 aliphatic rings. The molecule has 0 aromatic heterocycles. The fourth-order valence-corrected chi connectivity index (χ4v) is 2.34. The summed E-state index contributed by atoms with van der Waals surface area (Å²) in [6.45, 7) is 2.54. The third-order valence-corrected chi connectivity index (χ3v) is 3.62. The van der Waals surface area contributed by atoms with Crippen LogP contribution in [0.1, 0.15) is 33.2 Å². The number of benzene rings is 2. The van der Waals surface area contributed by atoms with Gasteiger partial charge in [0.15, 0.2) is 5.75 Å². The zero-order valence-electron chi connectivity index (χ0n) is 14.4. The molecule has 2 amide bonds. The summed E-state index contributed by atoms with van der Waals surface area (Å²) in [5.74, 6) is -0.563. The Labute approximate surface area is 150 Å². The largest absolute Gasteiger partial charge is 0.490 e. The van der Waals surface area contributed by atoms with Gasteiger partial charge in [-0.05, 0) is 36.8 Å². The molecule has 0 saturated heterocycles. The van der Waals surface area contributed by atoms with E-state index in [1.165, 1.54) is 25.3 Å². The van der Waals surface area contributed by atoms with Gasteiger partial charge in [0, 0.05) is 30.3 Å². The van der Waals surface area contributed by atoms with E-state index in [1.807, 2.05) is 6.92 Å². The number of nitro benzene ring substituents is 1. The summed E-state index contributed by atoms with van der Waals surface area (Å²) >= 11 is 0. The van der Waals surface area contributed by atoms with Crippen LogP contribution in [0.5, 0.6) is 5.75 Å². The zero-order valence-corrected chi connectivity index (χ0v) is 14.4. The number of nitrogens with zero attached hydrogens (tertiary/aromatic N) is 1. The van der Waals surface area contributed by atoms with Crippen molar-refractivity contribution >= 4 is 17.5 Å². The number of amides is 2. The molecule has 0 heterocycles. The van der Waals surface area contributed by atoms with Crippen LogP contribution in [0.25, 0.3) is 0 Å². The molecule has 0 saturated carbocycles. The van der Waals surface area contributed by atoms with Gasteiger partial charge in [-0.15, -0.1) is 0 Å². The van der Waals surface area contributed by atoms with Crippen LogP contribution in [0.2, 0.25) is 0 Å². The highest BCUT2D eigenvalue weighted by Gasteiger charge is 2.18. The van der Waals surface area contributed by atoms with Crippen molar-refractivity contribution in [2.45, 2.75) is 13.5 Å². The van der Waals surface area contributed by atoms with Crippen molar-refractivity contribution in [3.63, 3.8) is 0 Å². The molecule has 136 valence electrons. The summed E-state index contributed by atoms with van der Waals surface area (Å²) in [6, 6.07) is 10.9. The van der Waals surface area contributed by atoms with Gasteiger partial charge >= 0.3 is 5.69 Å². The van der Waals surface area contributed by atoms with Crippen molar-refractivity contribution in [1.29, 1.82) is 0 Å². The summed E-state index contributed by atoms with van der Waals surface area (Å²) in [6.07, 6.45) is 0. The standard InChI is InChI=1S/C18H19N3O5/c1-3-19-17(22)13-6-4-5-12(9-13)11-20-18(23)14-7-8-16(26-2)15(10-14)21(24)25/h4-10H,3,11H2,1-2H3,(H,19,22)(H,20,23). The second kappa shape index (κ2) is 8.61. The SMILES string of the molecule is CCNC(=O)c1cccc(CNC(=O)c2ccc(OC)c([N+](=O)[O-])c2)c1. The number of nitro groups is 1. The van der Waals surface area contributed by atoms with Crippen LogP contribution in [0.3, 0.4) is 0 Å². The number of rotatable bonds is 7. The zero-order chi connectivity index (χ0) is 19.1. The second-order valence-corrected chi connectivity index (χ2v) is 5.39. The van der Waals surface area contributed by atoms with Gasteiger partial charge in [-0.1, -0.05) is 12.1 Å². The first kappa shape index (κ1) is 18.9. The summed E-state index contributed by atoms with van der Waals surface area (Å²) in [7, 11) is 1.32. The van der Waals surface area contributed by atoms with Gasteiger partial charge in [-0.25, -0.2) is 0 Å². The highest BCUT2D eigenvalue weighted by Crippen LogP contribution is 2.27. The van der Waals surface area contributed by atoms with Gasteiger partial charge < -0.3 is 15.4 Å². The van der Waals surface area contributed by atoms with Gasteiger partial charge in [0.1, 0.15) is 0 Å². The Kier molecular flexibility index (Phi) is 6.26. The first-order chi connectivity index (χ1) is 12.5. The summed E-state index contributed by atoms with van der Waals surface area (Å²) in [5.41, 5.74) is 1.11. The van der Waals surface area contributed by atoms with Gasteiger partial charge in [0.05, 0.1) is 12.0 Å².